The van der Waals surface area contributed by atoms with Crippen molar-refractivity contribution >= 4 is 10.0 Å². The van der Waals surface area contributed by atoms with Crippen LogP contribution >= 0.6 is 0 Å². The maximum absolute atomic E-state index is 12.7. The molecule has 6 nitrogen and oxygen atoms in total. The van der Waals surface area contributed by atoms with Gasteiger partial charge in [-0.3, -0.25) is 0 Å². The molecule has 1 aliphatic rings. The van der Waals surface area contributed by atoms with Gasteiger partial charge in [0.15, 0.2) is 5.03 Å². The Morgan fingerprint density at radius 1 is 1.50 bits per heavy atom. The van der Waals surface area contributed by atoms with Gasteiger partial charge in [-0.05, 0) is 33.1 Å². The van der Waals surface area contributed by atoms with Crippen LogP contribution in [0.25, 0.3) is 0 Å². The van der Waals surface area contributed by atoms with E-state index < -0.39 is 10.0 Å². The van der Waals surface area contributed by atoms with E-state index in [4.69, 9.17) is 5.73 Å². The third-order valence-corrected chi connectivity index (χ3v) is 5.73. The Morgan fingerprint density at radius 2 is 2.20 bits per heavy atom. The van der Waals surface area contributed by atoms with Crippen LogP contribution in [-0.4, -0.2) is 40.9 Å². The normalized spacial score (nSPS) is 25.0. The molecular weight excluding hydrogens is 276 g/mol. The van der Waals surface area contributed by atoms with E-state index >= 15 is 0 Å². The van der Waals surface area contributed by atoms with E-state index in [9.17, 15) is 8.42 Å². The van der Waals surface area contributed by atoms with E-state index in [1.54, 1.807) is 6.20 Å². The highest BCUT2D eigenvalue weighted by Gasteiger charge is 2.35. The minimum Gasteiger partial charge on any atom is -0.334 e. The van der Waals surface area contributed by atoms with Crippen LogP contribution in [0.5, 0.6) is 0 Å². The van der Waals surface area contributed by atoms with E-state index in [2.05, 4.69) is 11.9 Å². The van der Waals surface area contributed by atoms with Crippen LogP contribution in [0.4, 0.5) is 0 Å². The molecule has 20 heavy (non-hydrogen) atoms. The summed E-state index contributed by atoms with van der Waals surface area (Å²) in [4.78, 5) is 4.23. The molecule has 2 rings (SSSR count). The first-order valence-electron chi connectivity index (χ1n) is 7.17. The number of nitrogens with zero attached hydrogens (tertiary/aromatic N) is 3. The van der Waals surface area contributed by atoms with Gasteiger partial charge in [-0.2, -0.15) is 4.31 Å². The van der Waals surface area contributed by atoms with Crippen molar-refractivity contribution in [2.24, 2.45) is 5.73 Å². The minimum absolute atomic E-state index is 0.0691. The van der Waals surface area contributed by atoms with Crippen LogP contribution in [0.1, 0.15) is 38.9 Å². The van der Waals surface area contributed by atoms with Crippen molar-refractivity contribution in [3.8, 4) is 0 Å². The predicted molar refractivity (Wildman–Crippen MR) is 77.8 cm³/mol. The Morgan fingerprint density at radius 3 is 2.80 bits per heavy atom. The molecule has 0 saturated carbocycles. The number of piperidine rings is 1. The molecule has 0 bridgehead atoms. The molecule has 0 radical (unpaired) electrons. The summed E-state index contributed by atoms with van der Waals surface area (Å²) in [6, 6.07) is 0.0243. The zero-order valence-electron chi connectivity index (χ0n) is 12.4. The van der Waals surface area contributed by atoms with Crippen LogP contribution in [0.2, 0.25) is 0 Å². The summed E-state index contributed by atoms with van der Waals surface area (Å²) in [6.45, 7) is 7.07. The minimum atomic E-state index is -3.51. The number of aryl methyl sites for hydroxylation is 2. The highest BCUT2D eigenvalue weighted by atomic mass is 32.2. The van der Waals surface area contributed by atoms with Crippen molar-refractivity contribution in [3.63, 3.8) is 0 Å². The number of imidazole rings is 1. The van der Waals surface area contributed by atoms with E-state index in [1.807, 2.05) is 18.4 Å². The number of hydrogen-bond acceptors (Lipinski definition) is 4. The fraction of sp³-hybridized carbons (Fsp3) is 0.769. The van der Waals surface area contributed by atoms with Gasteiger partial charge in [0.05, 0.1) is 0 Å². The van der Waals surface area contributed by atoms with Crippen molar-refractivity contribution < 1.29 is 8.42 Å². The maximum atomic E-state index is 12.7. The summed E-state index contributed by atoms with van der Waals surface area (Å²) in [6.07, 6.45) is 4.01. The van der Waals surface area contributed by atoms with E-state index in [-0.39, 0.29) is 17.1 Å². The van der Waals surface area contributed by atoms with E-state index in [0.717, 1.165) is 18.8 Å². The lowest BCUT2D eigenvalue weighted by Gasteiger charge is -2.34. The summed E-state index contributed by atoms with van der Waals surface area (Å²) >= 11 is 0. The monoisotopic (exact) mass is 300 g/mol. The molecule has 0 aliphatic carbocycles. The van der Waals surface area contributed by atoms with Gasteiger partial charge in [0.25, 0.3) is 10.0 Å². The fourth-order valence-electron chi connectivity index (χ4n) is 2.74. The molecule has 114 valence electrons. The Labute approximate surface area is 121 Å². The Hall–Kier alpha value is -0.920. The summed E-state index contributed by atoms with van der Waals surface area (Å²) in [5.41, 5.74) is 5.90. The van der Waals surface area contributed by atoms with Crippen LogP contribution < -0.4 is 5.73 Å². The van der Waals surface area contributed by atoms with Crippen LogP contribution in [0.15, 0.2) is 11.2 Å². The molecule has 1 aliphatic heterocycles. The van der Waals surface area contributed by atoms with Crippen LogP contribution in [0, 0.1) is 6.92 Å². The van der Waals surface area contributed by atoms with Crippen molar-refractivity contribution in [3.05, 3.63) is 12.0 Å². The van der Waals surface area contributed by atoms with Gasteiger partial charge in [0.2, 0.25) is 0 Å². The zero-order valence-corrected chi connectivity index (χ0v) is 13.2. The van der Waals surface area contributed by atoms with Crippen molar-refractivity contribution in [2.45, 2.75) is 63.7 Å². The Kier molecular flexibility index (Phi) is 4.51. The molecule has 0 amide bonds. The second-order valence-corrected chi connectivity index (χ2v) is 7.41. The first kappa shape index (κ1) is 15.5. The number of rotatable bonds is 4. The largest absolute Gasteiger partial charge is 0.334 e. The van der Waals surface area contributed by atoms with Gasteiger partial charge in [-0.15, -0.1) is 0 Å². The molecule has 2 N–H and O–H groups in total. The summed E-state index contributed by atoms with van der Waals surface area (Å²) < 4.78 is 28.8. The predicted octanol–water partition coefficient (Wildman–Crippen LogP) is 1.10. The third kappa shape index (κ3) is 2.89. The van der Waals surface area contributed by atoms with Crippen LogP contribution in [-0.2, 0) is 16.6 Å². The lowest BCUT2D eigenvalue weighted by molar-refractivity contribution is 0.246. The Balaban J connectivity index is 2.28. The van der Waals surface area contributed by atoms with Gasteiger partial charge in [0.1, 0.15) is 5.82 Å². The molecule has 7 heteroatoms. The average Bonchev–Trinajstić information content (AvgIpc) is 2.72. The first-order chi connectivity index (χ1) is 9.36. The molecule has 1 saturated heterocycles. The molecule has 2 heterocycles. The molecule has 1 aromatic rings. The number of hydrogen-bond donors (Lipinski definition) is 1. The molecule has 0 aromatic carbocycles. The molecule has 2 unspecified atom stereocenters. The lowest BCUT2D eigenvalue weighted by Crippen LogP contribution is -2.48. The van der Waals surface area contributed by atoms with E-state index in [1.165, 1.54) is 4.31 Å². The quantitative estimate of drug-likeness (QED) is 0.903. The first-order valence-corrected chi connectivity index (χ1v) is 8.61. The Bertz CT molecular complexity index is 567. The standard InChI is InChI=1S/C13H24N4O2S/c1-4-6-16-9-13(15-11(16)3)20(18,19)17-7-5-12(14)8-10(17)2/h9-10,12H,4-8,14H2,1-3H3. The fourth-order valence-corrected chi connectivity index (χ4v) is 4.39. The van der Waals surface area contributed by atoms with Gasteiger partial charge in [-0.1, -0.05) is 6.92 Å². The summed E-state index contributed by atoms with van der Waals surface area (Å²) in [5.74, 6) is 0.742. The number of nitrogens with two attached hydrogens (primary N) is 1. The van der Waals surface area contributed by atoms with Gasteiger partial charge in [0, 0.05) is 31.4 Å². The smallest absolute Gasteiger partial charge is 0.262 e. The highest BCUT2D eigenvalue weighted by molar-refractivity contribution is 7.89. The number of sulfonamides is 1. The molecule has 1 fully saturated rings. The second-order valence-electron chi connectivity index (χ2n) is 5.57. The van der Waals surface area contributed by atoms with Gasteiger partial charge in [-0.25, -0.2) is 13.4 Å². The SMILES string of the molecule is CCCn1cc(S(=O)(=O)N2CCC(N)CC2C)nc1C. The van der Waals surface area contributed by atoms with Crippen LogP contribution in [0.3, 0.4) is 0 Å². The molecular formula is C13H24N4O2S. The van der Waals surface area contributed by atoms with Crippen molar-refractivity contribution in [2.75, 3.05) is 6.54 Å². The zero-order chi connectivity index (χ0) is 14.9. The topological polar surface area (TPSA) is 81.2 Å². The second kappa shape index (κ2) is 5.83. The molecule has 0 spiro atoms. The molecule has 2 atom stereocenters. The van der Waals surface area contributed by atoms with Crippen molar-refractivity contribution in [1.82, 2.24) is 13.9 Å². The average molecular weight is 300 g/mol. The van der Waals surface area contributed by atoms with E-state index in [0.29, 0.717) is 19.4 Å². The summed E-state index contributed by atoms with van der Waals surface area (Å²) in [7, 11) is -3.51. The van der Waals surface area contributed by atoms with Crippen molar-refractivity contribution in [1.29, 1.82) is 0 Å². The molecule has 1 aromatic heterocycles. The van der Waals surface area contributed by atoms with Gasteiger partial charge >= 0.3 is 0 Å². The summed E-state index contributed by atoms with van der Waals surface area (Å²) in [5, 5.41) is 0.158. The van der Waals surface area contributed by atoms with Gasteiger partial charge < -0.3 is 10.3 Å². The lowest BCUT2D eigenvalue weighted by atomic mass is 10.0. The highest BCUT2D eigenvalue weighted by Crippen LogP contribution is 2.24. The third-order valence-electron chi connectivity index (χ3n) is 3.85. The maximum Gasteiger partial charge on any atom is 0.262 e. The number of aromatic nitrogens is 2.